The molecule has 0 bridgehead atoms. The van der Waals surface area contributed by atoms with Crippen molar-refractivity contribution in [3.63, 3.8) is 0 Å². The van der Waals surface area contributed by atoms with E-state index in [1.165, 1.54) is 12.0 Å². The number of likely N-dealkylation sites (N-methyl/N-ethyl adjacent to an activating group) is 1. The highest BCUT2D eigenvalue weighted by Gasteiger charge is 2.35. The molecule has 3 aromatic rings. The molecular weight excluding hydrogens is 538 g/mol. The zero-order valence-electron chi connectivity index (χ0n) is 25.2. The van der Waals surface area contributed by atoms with Crippen LogP contribution in [0.3, 0.4) is 0 Å². The highest BCUT2D eigenvalue weighted by atomic mass is 16.6. The fourth-order valence-electron chi connectivity index (χ4n) is 4.81. The predicted octanol–water partition coefficient (Wildman–Crippen LogP) is 4.77. The number of hydrogen-bond donors (Lipinski definition) is 1. The molecule has 1 aliphatic rings. The molecule has 0 fully saturated rings. The summed E-state index contributed by atoms with van der Waals surface area (Å²) < 4.78 is 22.3. The van der Waals surface area contributed by atoms with Crippen molar-refractivity contribution in [3.8, 4) is 11.5 Å². The highest BCUT2D eigenvalue weighted by Crippen LogP contribution is 2.38. The van der Waals surface area contributed by atoms with Gasteiger partial charge in [-0.25, -0.2) is 9.59 Å². The number of para-hydroxylation sites is 1. The smallest absolute Gasteiger partial charge is 0.410 e. The fraction of sp³-hybridized carbons (Fsp3) is 0.406. The summed E-state index contributed by atoms with van der Waals surface area (Å²) in [5.74, 6) is 0.0773. The number of rotatable bonds is 8. The van der Waals surface area contributed by atoms with Crippen LogP contribution in [0.4, 0.5) is 10.5 Å². The number of anilines is 1. The van der Waals surface area contributed by atoms with Crippen molar-refractivity contribution < 1.29 is 33.3 Å². The van der Waals surface area contributed by atoms with Crippen LogP contribution in [0.15, 0.2) is 54.6 Å². The maximum Gasteiger partial charge on any atom is 0.410 e. The lowest BCUT2D eigenvalue weighted by Crippen LogP contribution is -2.52. The summed E-state index contributed by atoms with van der Waals surface area (Å²) in [6, 6.07) is 15.7. The summed E-state index contributed by atoms with van der Waals surface area (Å²) in [5, 5.41) is 5.22. The van der Waals surface area contributed by atoms with Gasteiger partial charge in [0.15, 0.2) is 5.75 Å². The number of nitrogens with one attached hydrogen (secondary N) is 1. The Morgan fingerprint density at radius 3 is 2.52 bits per heavy atom. The molecule has 0 aromatic heterocycles. The summed E-state index contributed by atoms with van der Waals surface area (Å²) >= 11 is 0. The van der Waals surface area contributed by atoms with E-state index in [4.69, 9.17) is 18.9 Å². The van der Waals surface area contributed by atoms with Gasteiger partial charge in [-0.1, -0.05) is 36.4 Å². The molecule has 2 atom stereocenters. The fourth-order valence-corrected chi connectivity index (χ4v) is 4.81. The Balaban J connectivity index is 1.69. The van der Waals surface area contributed by atoms with Gasteiger partial charge in [-0.3, -0.25) is 4.79 Å². The van der Waals surface area contributed by atoms with Crippen LogP contribution in [0.1, 0.15) is 43.6 Å². The van der Waals surface area contributed by atoms with Crippen LogP contribution in [0, 0.1) is 0 Å². The van der Waals surface area contributed by atoms with Crippen LogP contribution in [-0.2, 0) is 20.8 Å². The topological polar surface area (TPSA) is 107 Å². The van der Waals surface area contributed by atoms with Crippen molar-refractivity contribution in [1.29, 1.82) is 0 Å². The first-order chi connectivity index (χ1) is 19.9. The molecule has 10 nitrogen and oxygen atoms in total. The van der Waals surface area contributed by atoms with E-state index in [1.54, 1.807) is 37.3 Å². The number of methoxy groups -OCH3 is 2. The summed E-state index contributed by atoms with van der Waals surface area (Å²) in [6.07, 6.45) is -0.458. The molecule has 224 valence electrons. The molecular formula is C32H39N3O7. The van der Waals surface area contributed by atoms with Gasteiger partial charge in [0.2, 0.25) is 5.91 Å². The van der Waals surface area contributed by atoms with Crippen LogP contribution < -0.4 is 19.7 Å². The molecule has 0 aliphatic carbocycles. The lowest BCUT2D eigenvalue weighted by molar-refractivity contribution is -0.121. The Bertz CT molecular complexity index is 1470. The average molecular weight is 578 g/mol. The van der Waals surface area contributed by atoms with Gasteiger partial charge in [0.25, 0.3) is 0 Å². The lowest BCUT2D eigenvalue weighted by Gasteiger charge is -2.30. The van der Waals surface area contributed by atoms with Crippen molar-refractivity contribution in [2.75, 3.05) is 39.3 Å². The highest BCUT2D eigenvalue weighted by molar-refractivity contribution is 6.03. The number of amides is 2. The Hall–Kier alpha value is -4.31. The summed E-state index contributed by atoms with van der Waals surface area (Å²) in [4.78, 5) is 42.6. The molecule has 1 N–H and O–H groups in total. The number of ether oxygens (including phenoxy) is 4. The summed E-state index contributed by atoms with van der Waals surface area (Å²) in [7, 11) is 4.55. The van der Waals surface area contributed by atoms with E-state index in [9.17, 15) is 14.4 Å². The minimum Gasteiger partial charge on any atom is -0.496 e. The lowest BCUT2D eigenvalue weighted by atomic mass is 10.0. The van der Waals surface area contributed by atoms with Crippen molar-refractivity contribution in [2.45, 2.75) is 51.9 Å². The molecule has 1 aliphatic heterocycles. The maximum atomic E-state index is 14.2. The SMILES string of the molecule is COC(=O)c1cccc2c1OC[C@H](NC[C@H](C)N(C)C(=O)OC(C)(C)C)C(=O)N2Cc1c(OC)ccc2ccccc12. The largest absolute Gasteiger partial charge is 0.496 e. The second-order valence-corrected chi connectivity index (χ2v) is 11.2. The van der Waals surface area contributed by atoms with Gasteiger partial charge in [-0.15, -0.1) is 0 Å². The zero-order chi connectivity index (χ0) is 30.6. The number of fused-ring (bicyclic) bond motifs is 2. The van der Waals surface area contributed by atoms with Crippen LogP contribution in [-0.4, -0.2) is 75.0 Å². The Morgan fingerprint density at radius 1 is 1.10 bits per heavy atom. The van der Waals surface area contributed by atoms with Gasteiger partial charge in [0.1, 0.15) is 29.6 Å². The first kappa shape index (κ1) is 30.6. The molecule has 0 saturated heterocycles. The van der Waals surface area contributed by atoms with Gasteiger partial charge >= 0.3 is 12.1 Å². The van der Waals surface area contributed by atoms with E-state index in [-0.39, 0.29) is 36.4 Å². The Morgan fingerprint density at radius 2 is 1.83 bits per heavy atom. The number of carbonyl (C=O) groups excluding carboxylic acids is 3. The van der Waals surface area contributed by atoms with E-state index < -0.39 is 23.7 Å². The maximum absolute atomic E-state index is 14.2. The molecule has 1 heterocycles. The first-order valence-corrected chi connectivity index (χ1v) is 13.8. The van der Waals surface area contributed by atoms with E-state index in [0.29, 0.717) is 18.0 Å². The van der Waals surface area contributed by atoms with E-state index in [2.05, 4.69) is 5.32 Å². The Labute approximate surface area is 246 Å². The normalized spacial score (nSPS) is 15.7. The monoisotopic (exact) mass is 577 g/mol. The van der Waals surface area contributed by atoms with Gasteiger partial charge in [-0.2, -0.15) is 0 Å². The first-order valence-electron chi connectivity index (χ1n) is 13.8. The van der Waals surface area contributed by atoms with Crippen LogP contribution in [0.25, 0.3) is 10.8 Å². The third-order valence-electron chi connectivity index (χ3n) is 7.18. The predicted molar refractivity (Wildman–Crippen MR) is 160 cm³/mol. The zero-order valence-corrected chi connectivity index (χ0v) is 25.2. The molecule has 0 unspecified atom stereocenters. The van der Waals surface area contributed by atoms with E-state index in [0.717, 1.165) is 16.3 Å². The minimum absolute atomic E-state index is 0.0358. The van der Waals surface area contributed by atoms with Crippen molar-refractivity contribution in [2.24, 2.45) is 0 Å². The van der Waals surface area contributed by atoms with Gasteiger partial charge in [0, 0.05) is 25.2 Å². The number of hydrogen-bond acceptors (Lipinski definition) is 8. The molecule has 10 heteroatoms. The van der Waals surface area contributed by atoms with Crippen LogP contribution >= 0.6 is 0 Å². The number of carbonyl (C=O) groups is 3. The number of nitrogens with zero attached hydrogens (tertiary/aromatic N) is 2. The van der Waals surface area contributed by atoms with Gasteiger partial charge < -0.3 is 34.1 Å². The van der Waals surface area contributed by atoms with Gasteiger partial charge in [-0.05, 0) is 56.7 Å². The molecule has 0 saturated carbocycles. The second-order valence-electron chi connectivity index (χ2n) is 11.2. The molecule has 3 aromatic carbocycles. The molecule has 2 amide bonds. The third kappa shape index (κ3) is 6.60. The third-order valence-corrected chi connectivity index (χ3v) is 7.18. The standard InChI is InChI=1S/C32H39N3O7/c1-20(34(5)31(38)42-32(2,3)4)17-33-25-19-41-28-23(30(37)40-7)13-10-14-26(28)35(29(25)36)18-24-22-12-9-8-11-21(22)15-16-27(24)39-6/h8-16,20,25,33H,17-19H2,1-7H3/t20-,25-/m0/s1. The number of esters is 1. The van der Waals surface area contributed by atoms with Crippen molar-refractivity contribution in [1.82, 2.24) is 10.2 Å². The van der Waals surface area contributed by atoms with Crippen molar-refractivity contribution >= 4 is 34.4 Å². The minimum atomic E-state index is -0.779. The van der Waals surface area contributed by atoms with Gasteiger partial charge in [0.05, 0.1) is 26.5 Å². The van der Waals surface area contributed by atoms with E-state index in [1.807, 2.05) is 64.1 Å². The van der Waals surface area contributed by atoms with E-state index >= 15 is 0 Å². The van der Waals surface area contributed by atoms with Crippen LogP contribution in [0.2, 0.25) is 0 Å². The van der Waals surface area contributed by atoms with Crippen molar-refractivity contribution in [3.05, 3.63) is 65.7 Å². The Kier molecular flexibility index (Phi) is 9.26. The number of benzene rings is 3. The quantitative estimate of drug-likeness (QED) is 0.382. The average Bonchev–Trinajstić information content (AvgIpc) is 3.10. The molecule has 4 rings (SSSR count). The molecule has 42 heavy (non-hydrogen) atoms. The second kappa shape index (κ2) is 12.7. The van der Waals surface area contributed by atoms with Crippen LogP contribution in [0.5, 0.6) is 11.5 Å². The summed E-state index contributed by atoms with van der Waals surface area (Å²) in [5.41, 5.74) is 0.852. The summed E-state index contributed by atoms with van der Waals surface area (Å²) in [6.45, 7) is 7.71. The molecule has 0 radical (unpaired) electrons. The molecule has 0 spiro atoms.